The molecule has 1 atom stereocenters. The molecular weight excluding hydrogens is 532 g/mol. The first-order valence-corrected chi connectivity index (χ1v) is 12.7. The number of guanidine groups is 1. The molecule has 0 radical (unpaired) electrons. The summed E-state index contributed by atoms with van der Waals surface area (Å²) in [5.41, 5.74) is 0.551. The van der Waals surface area contributed by atoms with Crippen LogP contribution in [0.5, 0.6) is 5.75 Å². The molecule has 1 saturated carbocycles. The van der Waals surface area contributed by atoms with Crippen LogP contribution in [0.15, 0.2) is 23.2 Å². The SMILES string of the molecule is CCNC(=NCC(C)(C)CCS(C)(=O)=O)NC(C)c1ccc(OCC2CC2)c(F)c1.I. The Morgan fingerprint density at radius 2 is 2.03 bits per heavy atom. The van der Waals surface area contributed by atoms with Crippen LogP contribution in [0.3, 0.4) is 0 Å². The van der Waals surface area contributed by atoms with E-state index in [-0.39, 0.29) is 47.0 Å². The summed E-state index contributed by atoms with van der Waals surface area (Å²) in [6, 6.07) is 4.89. The van der Waals surface area contributed by atoms with E-state index in [1.807, 2.05) is 33.8 Å². The molecule has 1 aromatic rings. The second-order valence-corrected chi connectivity index (χ2v) is 11.3. The summed E-state index contributed by atoms with van der Waals surface area (Å²) in [5.74, 6) is 1.28. The van der Waals surface area contributed by atoms with E-state index in [1.54, 1.807) is 6.07 Å². The molecule has 0 bridgehead atoms. The molecule has 2 rings (SSSR count). The van der Waals surface area contributed by atoms with E-state index in [4.69, 9.17) is 4.74 Å². The minimum atomic E-state index is -3.00. The number of rotatable bonds is 11. The Kier molecular flexibility index (Phi) is 11.0. The van der Waals surface area contributed by atoms with Gasteiger partial charge in [-0.3, -0.25) is 4.99 Å². The Bertz CT molecular complexity index is 842. The lowest BCUT2D eigenvalue weighted by Gasteiger charge is -2.24. The smallest absolute Gasteiger partial charge is 0.191 e. The van der Waals surface area contributed by atoms with Crippen molar-refractivity contribution >= 4 is 39.8 Å². The monoisotopic (exact) mass is 569 g/mol. The van der Waals surface area contributed by atoms with Gasteiger partial charge >= 0.3 is 0 Å². The maximum atomic E-state index is 14.4. The summed E-state index contributed by atoms with van der Waals surface area (Å²) < 4.78 is 42.9. The largest absolute Gasteiger partial charge is 0.490 e. The van der Waals surface area contributed by atoms with Gasteiger partial charge in [-0.2, -0.15) is 0 Å². The maximum absolute atomic E-state index is 14.4. The number of aliphatic imine (C=N–C) groups is 1. The summed E-state index contributed by atoms with van der Waals surface area (Å²) in [4.78, 5) is 4.63. The van der Waals surface area contributed by atoms with E-state index in [2.05, 4.69) is 15.6 Å². The van der Waals surface area contributed by atoms with Crippen molar-refractivity contribution in [3.8, 4) is 5.75 Å². The molecule has 6 nitrogen and oxygen atoms in total. The van der Waals surface area contributed by atoms with Gasteiger partial charge in [0.2, 0.25) is 0 Å². The Morgan fingerprint density at radius 1 is 1.35 bits per heavy atom. The first-order chi connectivity index (χ1) is 14.0. The number of hydrogen-bond acceptors (Lipinski definition) is 4. The average Bonchev–Trinajstić information content (AvgIpc) is 3.48. The minimum absolute atomic E-state index is 0. The molecule has 1 aliphatic carbocycles. The lowest BCUT2D eigenvalue weighted by Crippen LogP contribution is -2.39. The number of nitrogens with one attached hydrogen (secondary N) is 2. The lowest BCUT2D eigenvalue weighted by atomic mass is 9.90. The van der Waals surface area contributed by atoms with Crippen molar-refractivity contribution in [2.45, 2.75) is 53.0 Å². The fourth-order valence-corrected chi connectivity index (χ4v) is 3.76. The molecule has 0 heterocycles. The van der Waals surface area contributed by atoms with Gasteiger partial charge < -0.3 is 15.4 Å². The van der Waals surface area contributed by atoms with Gasteiger partial charge in [0, 0.05) is 19.3 Å². The molecule has 0 amide bonds. The summed E-state index contributed by atoms with van der Waals surface area (Å²) in [5, 5.41) is 6.50. The van der Waals surface area contributed by atoms with E-state index in [1.165, 1.54) is 12.3 Å². The standard InChI is InChI=1S/C22H36FN3O3S.HI/c1-6-24-21(25-15-22(3,4)11-12-30(5,27)28)26-16(2)18-9-10-20(19(23)13-18)29-14-17-7-8-17;/h9-10,13,16-17H,6-8,11-12,14-15H2,1-5H3,(H2,24,25,26);1H. The molecule has 178 valence electrons. The van der Waals surface area contributed by atoms with Crippen molar-refractivity contribution < 1.29 is 17.5 Å². The molecule has 0 aliphatic heterocycles. The number of benzene rings is 1. The fourth-order valence-electron chi connectivity index (χ4n) is 2.84. The van der Waals surface area contributed by atoms with Crippen LogP contribution in [0.25, 0.3) is 0 Å². The number of ether oxygens (including phenoxy) is 1. The highest BCUT2D eigenvalue weighted by Crippen LogP contribution is 2.30. The van der Waals surface area contributed by atoms with E-state index in [0.717, 1.165) is 18.4 Å². The maximum Gasteiger partial charge on any atom is 0.191 e. The third kappa shape index (κ3) is 10.9. The van der Waals surface area contributed by atoms with Gasteiger partial charge in [-0.05, 0) is 62.1 Å². The second kappa shape index (κ2) is 12.2. The lowest BCUT2D eigenvalue weighted by molar-refractivity contribution is 0.285. The molecule has 1 aromatic carbocycles. The van der Waals surface area contributed by atoms with Crippen molar-refractivity contribution in [2.75, 3.05) is 31.7 Å². The number of sulfone groups is 1. The van der Waals surface area contributed by atoms with Crippen LogP contribution in [0.4, 0.5) is 4.39 Å². The average molecular weight is 570 g/mol. The van der Waals surface area contributed by atoms with Crippen LogP contribution >= 0.6 is 24.0 Å². The molecule has 2 N–H and O–H groups in total. The van der Waals surface area contributed by atoms with Crippen LogP contribution in [-0.4, -0.2) is 46.1 Å². The highest BCUT2D eigenvalue weighted by molar-refractivity contribution is 14.0. The zero-order valence-electron chi connectivity index (χ0n) is 19.2. The van der Waals surface area contributed by atoms with E-state index < -0.39 is 9.84 Å². The second-order valence-electron chi connectivity index (χ2n) is 9.05. The molecule has 1 unspecified atom stereocenters. The van der Waals surface area contributed by atoms with E-state index in [0.29, 0.717) is 43.7 Å². The number of hydrogen-bond donors (Lipinski definition) is 2. The quantitative estimate of drug-likeness (QED) is 0.236. The van der Waals surface area contributed by atoms with Gasteiger partial charge in [-0.1, -0.05) is 19.9 Å². The normalized spacial score (nSPS) is 15.7. The first kappa shape index (κ1) is 27.9. The Morgan fingerprint density at radius 3 is 2.58 bits per heavy atom. The van der Waals surface area contributed by atoms with Crippen molar-refractivity contribution in [1.82, 2.24) is 10.6 Å². The zero-order chi connectivity index (χ0) is 22.4. The van der Waals surface area contributed by atoms with Gasteiger partial charge in [-0.25, -0.2) is 12.8 Å². The summed E-state index contributed by atoms with van der Waals surface area (Å²) in [6.45, 7) is 9.67. The molecule has 31 heavy (non-hydrogen) atoms. The van der Waals surface area contributed by atoms with Crippen molar-refractivity contribution in [2.24, 2.45) is 16.3 Å². The van der Waals surface area contributed by atoms with Gasteiger partial charge in [0.05, 0.1) is 18.4 Å². The minimum Gasteiger partial charge on any atom is -0.490 e. The van der Waals surface area contributed by atoms with Crippen molar-refractivity contribution in [3.63, 3.8) is 0 Å². The van der Waals surface area contributed by atoms with E-state index in [9.17, 15) is 12.8 Å². The number of halogens is 2. The molecule has 0 spiro atoms. The summed E-state index contributed by atoms with van der Waals surface area (Å²) in [7, 11) is -3.00. The third-order valence-electron chi connectivity index (χ3n) is 5.14. The Balaban J connectivity index is 0.00000480. The van der Waals surface area contributed by atoms with Gasteiger partial charge in [0.15, 0.2) is 17.5 Å². The van der Waals surface area contributed by atoms with Crippen LogP contribution < -0.4 is 15.4 Å². The fraction of sp³-hybridized carbons (Fsp3) is 0.682. The predicted octanol–water partition coefficient (Wildman–Crippen LogP) is 4.31. The topological polar surface area (TPSA) is 79.8 Å². The van der Waals surface area contributed by atoms with Crippen LogP contribution in [-0.2, 0) is 9.84 Å². The molecule has 0 aromatic heterocycles. The van der Waals surface area contributed by atoms with Crippen LogP contribution in [0.2, 0.25) is 0 Å². The molecular formula is C22H37FIN3O3S. The van der Waals surface area contributed by atoms with Crippen LogP contribution in [0, 0.1) is 17.2 Å². The van der Waals surface area contributed by atoms with Gasteiger partial charge in [0.25, 0.3) is 0 Å². The van der Waals surface area contributed by atoms with Gasteiger partial charge in [0.1, 0.15) is 9.84 Å². The Hall–Kier alpha value is -1.10. The molecule has 1 fully saturated rings. The highest BCUT2D eigenvalue weighted by atomic mass is 127. The Labute approximate surface area is 203 Å². The summed E-state index contributed by atoms with van der Waals surface area (Å²) >= 11 is 0. The highest BCUT2D eigenvalue weighted by Gasteiger charge is 2.23. The zero-order valence-corrected chi connectivity index (χ0v) is 22.3. The van der Waals surface area contributed by atoms with Crippen LogP contribution in [0.1, 0.15) is 58.6 Å². The van der Waals surface area contributed by atoms with Gasteiger partial charge in [-0.15, -0.1) is 24.0 Å². The van der Waals surface area contributed by atoms with Crippen molar-refractivity contribution in [3.05, 3.63) is 29.6 Å². The first-order valence-electron chi connectivity index (χ1n) is 10.6. The third-order valence-corrected chi connectivity index (χ3v) is 6.09. The number of nitrogens with zero attached hydrogens (tertiary/aromatic N) is 1. The summed E-state index contributed by atoms with van der Waals surface area (Å²) in [6.07, 6.45) is 4.12. The van der Waals surface area contributed by atoms with Crippen molar-refractivity contribution in [1.29, 1.82) is 0 Å². The van der Waals surface area contributed by atoms with E-state index >= 15 is 0 Å². The molecule has 9 heteroatoms. The molecule has 1 aliphatic rings. The molecule has 0 saturated heterocycles. The predicted molar refractivity (Wildman–Crippen MR) is 136 cm³/mol.